The van der Waals surface area contributed by atoms with E-state index in [0.717, 1.165) is 10.8 Å². The number of rotatable bonds is 1. The third kappa shape index (κ3) is 2.69. The fourth-order valence-electron chi connectivity index (χ4n) is 2.55. The Labute approximate surface area is 126 Å². The lowest BCUT2D eigenvalue weighted by atomic mass is 9.92. The van der Waals surface area contributed by atoms with E-state index in [1.54, 1.807) is 48.5 Å². The highest BCUT2D eigenvalue weighted by Crippen LogP contribution is 2.38. The quantitative estimate of drug-likeness (QED) is 0.630. The molecule has 110 valence electrons. The summed E-state index contributed by atoms with van der Waals surface area (Å²) in [5.41, 5.74) is 5.62. The third-order valence-electron chi connectivity index (χ3n) is 3.48. The highest BCUT2D eigenvalue weighted by Gasteiger charge is 2.39. The number of fused-ring (bicyclic) bond motifs is 2. The minimum atomic E-state index is -4.47. The predicted molar refractivity (Wildman–Crippen MR) is 81.7 cm³/mol. The fraction of sp³-hybridized carbons (Fsp3) is 0.125. The minimum Gasteiger partial charge on any atom is -0.316 e. The van der Waals surface area contributed by atoms with E-state index in [2.05, 4.69) is 0 Å². The van der Waals surface area contributed by atoms with Crippen molar-refractivity contribution in [1.82, 2.24) is 0 Å². The van der Waals surface area contributed by atoms with Gasteiger partial charge in [-0.15, -0.1) is 12.4 Å². The molecule has 3 rings (SSSR count). The molecule has 0 fully saturated rings. The van der Waals surface area contributed by atoms with Crippen LogP contribution in [0.1, 0.15) is 11.6 Å². The third-order valence-corrected chi connectivity index (χ3v) is 3.48. The Hall–Kier alpha value is -1.78. The molecule has 21 heavy (non-hydrogen) atoms. The fourth-order valence-corrected chi connectivity index (χ4v) is 2.55. The van der Waals surface area contributed by atoms with Crippen LogP contribution >= 0.6 is 12.4 Å². The van der Waals surface area contributed by atoms with E-state index in [0.29, 0.717) is 10.8 Å². The van der Waals surface area contributed by atoms with E-state index in [1.807, 2.05) is 6.07 Å². The van der Waals surface area contributed by atoms with Gasteiger partial charge in [-0.05, 0) is 33.2 Å². The van der Waals surface area contributed by atoms with E-state index in [-0.39, 0.29) is 18.0 Å². The zero-order chi connectivity index (χ0) is 14.3. The van der Waals surface area contributed by atoms with Crippen LogP contribution in [0.5, 0.6) is 0 Å². The van der Waals surface area contributed by atoms with Crippen molar-refractivity contribution in [2.45, 2.75) is 12.2 Å². The molecular weight excluding hydrogens is 299 g/mol. The molecule has 0 unspecified atom stereocenters. The number of benzene rings is 3. The molecule has 0 radical (unpaired) electrons. The second-order valence-corrected chi connectivity index (χ2v) is 4.75. The summed E-state index contributed by atoms with van der Waals surface area (Å²) in [7, 11) is 0. The van der Waals surface area contributed by atoms with E-state index < -0.39 is 12.2 Å². The van der Waals surface area contributed by atoms with Gasteiger partial charge in [0.05, 0.1) is 0 Å². The van der Waals surface area contributed by atoms with Crippen LogP contribution in [-0.2, 0) is 0 Å². The van der Waals surface area contributed by atoms with Crippen LogP contribution < -0.4 is 5.73 Å². The summed E-state index contributed by atoms with van der Waals surface area (Å²) in [5, 5.41) is 2.63. The van der Waals surface area contributed by atoms with Gasteiger partial charge in [0.25, 0.3) is 0 Å². The number of halogens is 4. The Morgan fingerprint density at radius 2 is 1.24 bits per heavy atom. The lowest BCUT2D eigenvalue weighted by Gasteiger charge is -2.20. The van der Waals surface area contributed by atoms with Crippen molar-refractivity contribution in [1.29, 1.82) is 0 Å². The van der Waals surface area contributed by atoms with Crippen molar-refractivity contribution in [3.8, 4) is 0 Å². The van der Waals surface area contributed by atoms with Crippen molar-refractivity contribution < 1.29 is 13.2 Å². The van der Waals surface area contributed by atoms with Crippen LogP contribution in [0.2, 0.25) is 0 Å². The molecule has 3 aromatic rings. The molecule has 0 aliphatic heterocycles. The topological polar surface area (TPSA) is 26.0 Å². The van der Waals surface area contributed by atoms with Gasteiger partial charge in [-0.25, -0.2) is 0 Å². The Kier molecular flexibility index (Phi) is 4.12. The van der Waals surface area contributed by atoms with Gasteiger partial charge >= 0.3 is 6.18 Å². The summed E-state index contributed by atoms with van der Waals surface area (Å²) < 4.78 is 39.2. The Morgan fingerprint density at radius 1 is 0.810 bits per heavy atom. The van der Waals surface area contributed by atoms with Gasteiger partial charge < -0.3 is 5.73 Å². The molecule has 5 heteroatoms. The Morgan fingerprint density at radius 3 is 1.67 bits per heavy atom. The van der Waals surface area contributed by atoms with Crippen molar-refractivity contribution >= 4 is 34.0 Å². The van der Waals surface area contributed by atoms with Crippen LogP contribution in [0.15, 0.2) is 54.6 Å². The van der Waals surface area contributed by atoms with Gasteiger partial charge in [-0.1, -0.05) is 48.5 Å². The maximum Gasteiger partial charge on any atom is 0.407 e. The highest BCUT2D eigenvalue weighted by molar-refractivity contribution is 6.02. The largest absolute Gasteiger partial charge is 0.407 e. The van der Waals surface area contributed by atoms with E-state index in [1.165, 1.54) is 0 Å². The van der Waals surface area contributed by atoms with Crippen molar-refractivity contribution in [3.05, 3.63) is 60.2 Å². The maximum atomic E-state index is 13.1. The van der Waals surface area contributed by atoms with Crippen molar-refractivity contribution in [2.24, 2.45) is 5.73 Å². The SMILES string of the molecule is Cl.N[C@@H](c1c2ccccc2cc2ccccc12)C(F)(F)F. The van der Waals surface area contributed by atoms with E-state index in [9.17, 15) is 13.2 Å². The summed E-state index contributed by atoms with van der Waals surface area (Å²) in [6.45, 7) is 0. The molecule has 0 saturated heterocycles. The second kappa shape index (κ2) is 5.54. The average molecular weight is 312 g/mol. The van der Waals surface area contributed by atoms with Crippen LogP contribution in [0.25, 0.3) is 21.5 Å². The molecule has 0 spiro atoms. The standard InChI is InChI=1S/C16H12F3N.ClH/c17-16(18,19)15(20)14-12-7-3-1-5-10(12)9-11-6-2-4-8-13(11)14;/h1-9,15H,20H2;1H/t15-;/m0./s1. The number of hydrogen-bond donors (Lipinski definition) is 1. The zero-order valence-corrected chi connectivity index (χ0v) is 11.7. The summed E-state index contributed by atoms with van der Waals surface area (Å²) in [5.74, 6) is 0. The van der Waals surface area contributed by atoms with Gasteiger partial charge in [0.2, 0.25) is 0 Å². The molecule has 0 heterocycles. The van der Waals surface area contributed by atoms with Crippen LogP contribution in [0.3, 0.4) is 0 Å². The molecule has 0 aromatic heterocycles. The molecule has 1 atom stereocenters. The van der Waals surface area contributed by atoms with E-state index in [4.69, 9.17) is 5.73 Å². The summed E-state index contributed by atoms with van der Waals surface area (Å²) in [4.78, 5) is 0. The number of alkyl halides is 3. The van der Waals surface area contributed by atoms with Crippen LogP contribution in [0.4, 0.5) is 13.2 Å². The first-order valence-corrected chi connectivity index (χ1v) is 6.21. The molecule has 0 aliphatic rings. The highest BCUT2D eigenvalue weighted by atomic mass is 35.5. The monoisotopic (exact) mass is 311 g/mol. The lowest BCUT2D eigenvalue weighted by Crippen LogP contribution is -2.28. The summed E-state index contributed by atoms with van der Waals surface area (Å²) >= 11 is 0. The van der Waals surface area contributed by atoms with Crippen molar-refractivity contribution in [3.63, 3.8) is 0 Å². The first-order chi connectivity index (χ1) is 9.48. The molecule has 3 aromatic carbocycles. The summed E-state index contributed by atoms with van der Waals surface area (Å²) in [6.07, 6.45) is -4.47. The van der Waals surface area contributed by atoms with Gasteiger partial charge in [0, 0.05) is 0 Å². The van der Waals surface area contributed by atoms with Crippen LogP contribution in [-0.4, -0.2) is 6.18 Å². The smallest absolute Gasteiger partial charge is 0.316 e. The van der Waals surface area contributed by atoms with Gasteiger partial charge in [0.1, 0.15) is 6.04 Å². The van der Waals surface area contributed by atoms with Crippen molar-refractivity contribution in [2.75, 3.05) is 0 Å². The molecule has 1 nitrogen and oxygen atoms in total. The Bertz CT molecular complexity index is 729. The van der Waals surface area contributed by atoms with Gasteiger partial charge in [0.15, 0.2) is 0 Å². The molecule has 0 amide bonds. The maximum absolute atomic E-state index is 13.1. The second-order valence-electron chi connectivity index (χ2n) is 4.75. The molecule has 0 saturated carbocycles. The first-order valence-electron chi connectivity index (χ1n) is 6.21. The minimum absolute atomic E-state index is 0. The molecule has 0 bridgehead atoms. The average Bonchev–Trinajstić information content (AvgIpc) is 2.43. The first kappa shape index (κ1) is 15.6. The molecular formula is C16H13ClF3N. The van der Waals surface area contributed by atoms with Gasteiger partial charge in [-0.2, -0.15) is 13.2 Å². The Balaban J connectivity index is 0.00000161. The molecule has 0 aliphatic carbocycles. The van der Waals surface area contributed by atoms with Gasteiger partial charge in [-0.3, -0.25) is 0 Å². The lowest BCUT2D eigenvalue weighted by molar-refractivity contribution is -0.148. The van der Waals surface area contributed by atoms with Crippen LogP contribution in [0, 0.1) is 0 Å². The predicted octanol–water partition coefficient (Wildman–Crippen LogP) is 4.98. The zero-order valence-electron chi connectivity index (χ0n) is 10.9. The summed E-state index contributed by atoms with van der Waals surface area (Å²) in [6, 6.07) is 13.9. The number of nitrogens with two attached hydrogens (primary N) is 1. The molecule has 2 N–H and O–H groups in total. The normalized spacial score (nSPS) is 13.1. The number of hydrogen-bond acceptors (Lipinski definition) is 1. The van der Waals surface area contributed by atoms with E-state index >= 15 is 0 Å².